The summed E-state index contributed by atoms with van der Waals surface area (Å²) in [5.74, 6) is 1.42. The standard InChI is InChI=1S/C27H37NO5/c1-3-32-27(31)12-6-4-5-9-19-28-21(14-18-26(28)30)13-15-23(29)25-17-16-24(33-25)22-11-8-7-10-20(22)2/h7-8,10-11,16-17,21,23,29H,3-6,9,12-15,18-19H2,1-2H3/t21-,23?/m0/s1. The maximum Gasteiger partial charge on any atom is 0.305 e. The molecule has 1 aliphatic heterocycles. The number of rotatable bonds is 13. The Hall–Kier alpha value is -2.60. The maximum absolute atomic E-state index is 12.4. The molecule has 2 heterocycles. The Balaban J connectivity index is 1.42. The van der Waals surface area contributed by atoms with E-state index < -0.39 is 6.10 Å². The Morgan fingerprint density at radius 1 is 1.18 bits per heavy atom. The summed E-state index contributed by atoms with van der Waals surface area (Å²) in [5.41, 5.74) is 2.17. The van der Waals surface area contributed by atoms with Crippen LogP contribution in [0.15, 0.2) is 40.8 Å². The van der Waals surface area contributed by atoms with E-state index in [1.165, 1.54) is 0 Å². The van der Waals surface area contributed by atoms with E-state index in [0.29, 0.717) is 31.6 Å². The van der Waals surface area contributed by atoms with Crippen LogP contribution in [-0.2, 0) is 14.3 Å². The van der Waals surface area contributed by atoms with Crippen LogP contribution in [0.3, 0.4) is 0 Å². The predicted molar refractivity (Wildman–Crippen MR) is 128 cm³/mol. The van der Waals surface area contributed by atoms with E-state index in [-0.39, 0.29) is 17.9 Å². The van der Waals surface area contributed by atoms with Gasteiger partial charge in [-0.3, -0.25) is 9.59 Å². The van der Waals surface area contributed by atoms with Gasteiger partial charge in [-0.15, -0.1) is 0 Å². The van der Waals surface area contributed by atoms with Gasteiger partial charge in [-0.1, -0.05) is 37.1 Å². The third kappa shape index (κ3) is 7.19. The monoisotopic (exact) mass is 455 g/mol. The highest BCUT2D eigenvalue weighted by molar-refractivity contribution is 5.78. The van der Waals surface area contributed by atoms with Gasteiger partial charge in [0, 0.05) is 31.0 Å². The second kappa shape index (κ2) is 12.6. The average molecular weight is 456 g/mol. The van der Waals surface area contributed by atoms with Gasteiger partial charge in [0.15, 0.2) is 0 Å². The highest BCUT2D eigenvalue weighted by Gasteiger charge is 2.30. The fourth-order valence-electron chi connectivity index (χ4n) is 4.56. The Kier molecular flexibility index (Phi) is 9.55. The molecule has 1 unspecified atom stereocenters. The van der Waals surface area contributed by atoms with Gasteiger partial charge in [-0.05, 0) is 63.6 Å². The van der Waals surface area contributed by atoms with Crippen molar-refractivity contribution < 1.29 is 23.8 Å². The first kappa shape index (κ1) is 25.0. The Bertz CT molecular complexity index is 905. The number of nitrogens with zero attached hydrogens (tertiary/aromatic N) is 1. The number of hydrogen-bond acceptors (Lipinski definition) is 5. The number of aryl methyl sites for hydroxylation is 1. The number of benzene rings is 1. The van der Waals surface area contributed by atoms with Crippen LogP contribution in [0.4, 0.5) is 0 Å². The molecule has 3 rings (SSSR count). The van der Waals surface area contributed by atoms with Gasteiger partial charge in [0.05, 0.1) is 6.61 Å². The van der Waals surface area contributed by atoms with Gasteiger partial charge in [0.2, 0.25) is 5.91 Å². The number of unbranched alkanes of at least 4 members (excludes halogenated alkanes) is 3. The number of ether oxygens (including phenoxy) is 1. The molecule has 0 radical (unpaired) electrons. The predicted octanol–water partition coefficient (Wildman–Crippen LogP) is 5.57. The van der Waals surface area contributed by atoms with E-state index in [2.05, 4.69) is 0 Å². The van der Waals surface area contributed by atoms with Crippen molar-refractivity contribution >= 4 is 11.9 Å². The fraction of sp³-hybridized carbons (Fsp3) is 0.556. The normalized spacial score (nSPS) is 16.9. The van der Waals surface area contributed by atoms with Crippen LogP contribution in [-0.4, -0.2) is 41.1 Å². The minimum absolute atomic E-state index is 0.131. The van der Waals surface area contributed by atoms with Crippen LogP contribution in [0.25, 0.3) is 11.3 Å². The average Bonchev–Trinajstić information content (AvgIpc) is 3.42. The van der Waals surface area contributed by atoms with E-state index in [4.69, 9.17) is 9.15 Å². The summed E-state index contributed by atoms with van der Waals surface area (Å²) in [6.07, 6.45) is 6.27. The minimum atomic E-state index is -0.678. The lowest BCUT2D eigenvalue weighted by Crippen LogP contribution is -2.34. The molecule has 1 amide bonds. The lowest BCUT2D eigenvalue weighted by molar-refractivity contribution is -0.143. The SMILES string of the molecule is CCOC(=O)CCCCCCN1C(=O)CC[C@@H]1CCC(O)c1ccc(-c2ccccc2C)o1. The van der Waals surface area contributed by atoms with Crippen LogP contribution >= 0.6 is 0 Å². The van der Waals surface area contributed by atoms with Crippen molar-refractivity contribution in [2.75, 3.05) is 13.2 Å². The largest absolute Gasteiger partial charge is 0.466 e. The number of carbonyl (C=O) groups excluding carboxylic acids is 2. The fourth-order valence-corrected chi connectivity index (χ4v) is 4.56. The molecule has 0 bridgehead atoms. The summed E-state index contributed by atoms with van der Waals surface area (Å²) in [6.45, 7) is 5.04. The smallest absolute Gasteiger partial charge is 0.305 e. The van der Waals surface area contributed by atoms with Gasteiger partial charge in [-0.25, -0.2) is 0 Å². The second-order valence-electron chi connectivity index (χ2n) is 8.86. The van der Waals surface area contributed by atoms with E-state index in [0.717, 1.165) is 62.0 Å². The Labute approximate surface area is 196 Å². The zero-order valence-electron chi connectivity index (χ0n) is 19.9. The minimum Gasteiger partial charge on any atom is -0.466 e. The summed E-state index contributed by atoms with van der Waals surface area (Å²) in [6, 6.07) is 12.0. The number of furan rings is 1. The molecule has 6 nitrogen and oxygen atoms in total. The van der Waals surface area contributed by atoms with E-state index >= 15 is 0 Å². The number of amides is 1. The quantitative estimate of drug-likeness (QED) is 0.315. The topological polar surface area (TPSA) is 80.0 Å². The molecular weight excluding hydrogens is 418 g/mol. The van der Waals surface area contributed by atoms with Gasteiger partial charge < -0.3 is 19.2 Å². The summed E-state index contributed by atoms with van der Waals surface area (Å²) >= 11 is 0. The zero-order valence-corrected chi connectivity index (χ0v) is 19.9. The Morgan fingerprint density at radius 3 is 2.76 bits per heavy atom. The first-order valence-electron chi connectivity index (χ1n) is 12.3. The summed E-state index contributed by atoms with van der Waals surface area (Å²) in [7, 11) is 0. The van der Waals surface area contributed by atoms with Crippen molar-refractivity contribution in [2.45, 2.75) is 83.8 Å². The van der Waals surface area contributed by atoms with Crippen molar-refractivity contribution in [3.8, 4) is 11.3 Å². The van der Waals surface area contributed by atoms with Crippen molar-refractivity contribution in [2.24, 2.45) is 0 Å². The van der Waals surface area contributed by atoms with E-state index in [1.54, 1.807) is 0 Å². The number of aliphatic hydroxyl groups excluding tert-OH is 1. The molecular formula is C27H37NO5. The van der Waals surface area contributed by atoms with Crippen LogP contribution in [0, 0.1) is 6.92 Å². The molecule has 6 heteroatoms. The molecule has 180 valence electrons. The zero-order chi connectivity index (χ0) is 23.6. The number of aliphatic hydroxyl groups is 1. The lowest BCUT2D eigenvalue weighted by Gasteiger charge is -2.25. The summed E-state index contributed by atoms with van der Waals surface area (Å²) < 4.78 is 10.9. The molecule has 1 N–H and O–H groups in total. The highest BCUT2D eigenvalue weighted by Crippen LogP contribution is 2.31. The molecule has 0 spiro atoms. The molecule has 0 saturated carbocycles. The number of likely N-dealkylation sites (tertiary alicyclic amines) is 1. The highest BCUT2D eigenvalue weighted by atomic mass is 16.5. The summed E-state index contributed by atoms with van der Waals surface area (Å²) in [4.78, 5) is 25.7. The third-order valence-corrected chi connectivity index (χ3v) is 6.43. The van der Waals surface area contributed by atoms with Crippen molar-refractivity contribution in [1.82, 2.24) is 4.90 Å². The first-order chi connectivity index (χ1) is 16.0. The van der Waals surface area contributed by atoms with Gasteiger partial charge in [0.25, 0.3) is 0 Å². The van der Waals surface area contributed by atoms with Crippen molar-refractivity contribution in [1.29, 1.82) is 0 Å². The third-order valence-electron chi connectivity index (χ3n) is 6.43. The molecule has 1 fully saturated rings. The number of carbonyl (C=O) groups is 2. The van der Waals surface area contributed by atoms with Gasteiger partial charge in [-0.2, -0.15) is 0 Å². The van der Waals surface area contributed by atoms with Crippen molar-refractivity contribution in [3.63, 3.8) is 0 Å². The van der Waals surface area contributed by atoms with E-state index in [1.807, 2.05) is 55.1 Å². The number of hydrogen-bond donors (Lipinski definition) is 1. The molecule has 33 heavy (non-hydrogen) atoms. The molecule has 2 atom stereocenters. The lowest BCUT2D eigenvalue weighted by atomic mass is 10.0. The van der Waals surface area contributed by atoms with Gasteiger partial charge in [0.1, 0.15) is 17.6 Å². The Morgan fingerprint density at radius 2 is 1.97 bits per heavy atom. The van der Waals surface area contributed by atoms with Crippen LogP contribution in [0.5, 0.6) is 0 Å². The molecule has 1 saturated heterocycles. The maximum atomic E-state index is 12.4. The van der Waals surface area contributed by atoms with E-state index in [9.17, 15) is 14.7 Å². The first-order valence-corrected chi connectivity index (χ1v) is 12.3. The van der Waals surface area contributed by atoms with Gasteiger partial charge >= 0.3 is 5.97 Å². The number of esters is 1. The molecule has 2 aromatic rings. The van der Waals surface area contributed by atoms with Crippen LogP contribution < -0.4 is 0 Å². The molecule has 1 aromatic carbocycles. The molecule has 0 aliphatic carbocycles. The second-order valence-corrected chi connectivity index (χ2v) is 8.86. The van der Waals surface area contributed by atoms with Crippen molar-refractivity contribution in [3.05, 3.63) is 47.7 Å². The summed E-state index contributed by atoms with van der Waals surface area (Å²) in [5, 5.41) is 10.7. The van der Waals surface area contributed by atoms with Crippen LogP contribution in [0.2, 0.25) is 0 Å². The molecule has 1 aromatic heterocycles. The van der Waals surface area contributed by atoms with Crippen LogP contribution in [0.1, 0.15) is 82.1 Å². The molecule has 1 aliphatic rings.